The van der Waals surface area contributed by atoms with E-state index >= 15 is 0 Å². The van der Waals surface area contributed by atoms with Crippen LogP contribution in [0.15, 0.2) is 83.5 Å². The first kappa shape index (κ1) is 19.3. The van der Waals surface area contributed by atoms with E-state index in [1.807, 2.05) is 50.2 Å². The molecule has 0 aromatic heterocycles. The number of ether oxygens (including phenoxy) is 2. The van der Waals surface area contributed by atoms with Crippen LogP contribution in [0.25, 0.3) is 6.08 Å². The second-order valence-electron chi connectivity index (χ2n) is 7.03. The van der Waals surface area contributed by atoms with Gasteiger partial charge in [0, 0.05) is 5.56 Å². The molecule has 5 nitrogen and oxygen atoms in total. The molecule has 0 bridgehead atoms. The maximum absolute atomic E-state index is 12.3. The first-order valence-electron chi connectivity index (χ1n) is 9.46. The summed E-state index contributed by atoms with van der Waals surface area (Å²) in [5.74, 6) is -0.214. The fraction of sp³-hybridized carbons (Fsp3) is 0.0800. The molecule has 4 rings (SSSR count). The van der Waals surface area contributed by atoms with Gasteiger partial charge >= 0.3 is 11.9 Å². The number of hydrogen-bond acceptors (Lipinski definition) is 5. The lowest BCUT2D eigenvalue weighted by Crippen LogP contribution is -2.08. The number of carbonyl (C=O) groups excluding carboxylic acids is 2. The second-order valence-corrected chi connectivity index (χ2v) is 7.03. The van der Waals surface area contributed by atoms with Crippen LogP contribution in [0.5, 0.6) is 5.75 Å². The standard InChI is InChI=1S/C25H19NO4/c1-16-6-10-19(11-7-16)23-26-22(25(28)30-23)15-18-8-12-21(13-9-18)29-24(27)20-5-3-4-17(2)14-20/h3-15H,1-2H3/b22-15-. The molecular formula is C25H19NO4. The Balaban J connectivity index is 1.48. The molecule has 0 fully saturated rings. The molecule has 0 saturated carbocycles. The Morgan fingerprint density at radius 3 is 2.37 bits per heavy atom. The molecule has 0 saturated heterocycles. The molecule has 148 valence electrons. The number of esters is 2. The maximum Gasteiger partial charge on any atom is 0.363 e. The molecule has 0 amide bonds. The molecule has 0 N–H and O–H groups in total. The Morgan fingerprint density at radius 1 is 0.933 bits per heavy atom. The monoisotopic (exact) mass is 397 g/mol. The minimum absolute atomic E-state index is 0.218. The average Bonchev–Trinajstić information content (AvgIpc) is 3.10. The molecular weight excluding hydrogens is 378 g/mol. The largest absolute Gasteiger partial charge is 0.423 e. The van der Waals surface area contributed by atoms with E-state index in [0.29, 0.717) is 11.3 Å². The molecule has 3 aromatic carbocycles. The van der Waals surface area contributed by atoms with Crippen molar-refractivity contribution >= 4 is 23.9 Å². The highest BCUT2D eigenvalue weighted by Gasteiger charge is 2.24. The summed E-state index contributed by atoms with van der Waals surface area (Å²) in [7, 11) is 0. The van der Waals surface area contributed by atoms with Gasteiger partial charge in [-0.25, -0.2) is 14.6 Å². The number of nitrogens with zero attached hydrogens (tertiary/aromatic N) is 1. The van der Waals surface area contributed by atoms with Gasteiger partial charge in [-0.3, -0.25) is 0 Å². The van der Waals surface area contributed by atoms with Crippen LogP contribution in [0.2, 0.25) is 0 Å². The lowest BCUT2D eigenvalue weighted by atomic mass is 10.1. The van der Waals surface area contributed by atoms with Gasteiger partial charge in [-0.05, 0) is 61.9 Å². The van der Waals surface area contributed by atoms with Crippen molar-refractivity contribution in [1.29, 1.82) is 0 Å². The number of aryl methyl sites for hydroxylation is 2. The Morgan fingerprint density at radius 2 is 1.67 bits per heavy atom. The summed E-state index contributed by atoms with van der Waals surface area (Å²) in [5.41, 5.74) is 4.30. The minimum Gasteiger partial charge on any atom is -0.423 e. The van der Waals surface area contributed by atoms with Crippen LogP contribution in [0.3, 0.4) is 0 Å². The third-order valence-electron chi connectivity index (χ3n) is 4.57. The Bertz CT molecular complexity index is 1170. The molecule has 0 aliphatic carbocycles. The quantitative estimate of drug-likeness (QED) is 0.358. The van der Waals surface area contributed by atoms with Gasteiger partial charge in [-0.15, -0.1) is 0 Å². The van der Waals surface area contributed by atoms with Gasteiger partial charge in [0.15, 0.2) is 5.70 Å². The van der Waals surface area contributed by atoms with Crippen molar-refractivity contribution in [2.24, 2.45) is 4.99 Å². The highest BCUT2D eigenvalue weighted by molar-refractivity contribution is 6.12. The van der Waals surface area contributed by atoms with Crippen molar-refractivity contribution in [2.75, 3.05) is 0 Å². The van der Waals surface area contributed by atoms with E-state index in [-0.39, 0.29) is 11.6 Å². The molecule has 5 heteroatoms. The van der Waals surface area contributed by atoms with Gasteiger partial charge in [-0.2, -0.15) is 0 Å². The number of rotatable bonds is 4. The first-order chi connectivity index (χ1) is 14.5. The van der Waals surface area contributed by atoms with E-state index in [1.165, 1.54) is 0 Å². The molecule has 0 unspecified atom stereocenters. The van der Waals surface area contributed by atoms with Crippen LogP contribution in [0, 0.1) is 13.8 Å². The third kappa shape index (κ3) is 4.36. The van der Waals surface area contributed by atoms with Crippen LogP contribution < -0.4 is 4.74 Å². The normalized spacial score (nSPS) is 14.4. The lowest BCUT2D eigenvalue weighted by molar-refractivity contribution is -0.129. The Hall–Kier alpha value is -3.99. The van der Waals surface area contributed by atoms with Crippen LogP contribution in [0.1, 0.15) is 32.6 Å². The number of hydrogen-bond donors (Lipinski definition) is 0. The molecule has 30 heavy (non-hydrogen) atoms. The molecule has 0 atom stereocenters. The number of cyclic esters (lactones) is 1. The third-order valence-corrected chi connectivity index (χ3v) is 4.57. The minimum atomic E-state index is -0.500. The van der Waals surface area contributed by atoms with Gasteiger partial charge in [0.2, 0.25) is 5.90 Å². The number of benzene rings is 3. The fourth-order valence-electron chi connectivity index (χ4n) is 2.96. The van der Waals surface area contributed by atoms with Crippen molar-refractivity contribution in [1.82, 2.24) is 0 Å². The molecule has 0 radical (unpaired) electrons. The zero-order valence-electron chi connectivity index (χ0n) is 16.6. The summed E-state index contributed by atoms with van der Waals surface area (Å²) in [6.45, 7) is 3.90. The van der Waals surface area contributed by atoms with Crippen LogP contribution in [-0.4, -0.2) is 17.8 Å². The summed E-state index contributed by atoms with van der Waals surface area (Å²) >= 11 is 0. The van der Waals surface area contributed by atoms with E-state index in [9.17, 15) is 9.59 Å². The van der Waals surface area contributed by atoms with Crippen molar-refractivity contribution in [3.63, 3.8) is 0 Å². The van der Waals surface area contributed by atoms with Crippen molar-refractivity contribution in [2.45, 2.75) is 13.8 Å². The van der Waals surface area contributed by atoms with Gasteiger partial charge in [-0.1, -0.05) is 47.5 Å². The Kier molecular flexibility index (Phi) is 5.26. The van der Waals surface area contributed by atoms with Gasteiger partial charge in [0.25, 0.3) is 0 Å². The highest BCUT2D eigenvalue weighted by Crippen LogP contribution is 2.21. The molecule has 1 aliphatic heterocycles. The second kappa shape index (κ2) is 8.17. The number of aliphatic imine (C=N–C) groups is 1. The lowest BCUT2D eigenvalue weighted by Gasteiger charge is -2.05. The Labute approximate surface area is 174 Å². The molecule has 1 aliphatic rings. The highest BCUT2D eigenvalue weighted by atomic mass is 16.6. The fourth-order valence-corrected chi connectivity index (χ4v) is 2.96. The molecule has 0 spiro atoms. The van der Waals surface area contributed by atoms with Crippen LogP contribution in [0.4, 0.5) is 0 Å². The summed E-state index contributed by atoms with van der Waals surface area (Å²) in [4.78, 5) is 28.7. The topological polar surface area (TPSA) is 65.0 Å². The summed E-state index contributed by atoms with van der Waals surface area (Å²) in [6.07, 6.45) is 1.63. The van der Waals surface area contributed by atoms with E-state index in [2.05, 4.69) is 4.99 Å². The average molecular weight is 397 g/mol. The van der Waals surface area contributed by atoms with E-state index in [4.69, 9.17) is 9.47 Å². The van der Waals surface area contributed by atoms with Crippen LogP contribution in [-0.2, 0) is 9.53 Å². The van der Waals surface area contributed by atoms with Crippen molar-refractivity contribution in [3.05, 3.63) is 106 Å². The zero-order chi connectivity index (χ0) is 21.1. The summed E-state index contributed by atoms with van der Waals surface area (Å²) in [5, 5.41) is 0. The van der Waals surface area contributed by atoms with Gasteiger partial charge < -0.3 is 9.47 Å². The van der Waals surface area contributed by atoms with E-state index in [0.717, 1.165) is 22.3 Å². The zero-order valence-corrected chi connectivity index (χ0v) is 16.6. The van der Waals surface area contributed by atoms with E-state index < -0.39 is 11.9 Å². The smallest absolute Gasteiger partial charge is 0.363 e. The van der Waals surface area contributed by atoms with Crippen molar-refractivity contribution < 1.29 is 19.1 Å². The van der Waals surface area contributed by atoms with Crippen molar-refractivity contribution in [3.8, 4) is 5.75 Å². The predicted octanol–water partition coefficient (Wildman–Crippen LogP) is 4.87. The van der Waals surface area contributed by atoms with Gasteiger partial charge in [0.05, 0.1) is 5.56 Å². The molecule has 1 heterocycles. The SMILES string of the molecule is Cc1ccc(C2=N/C(=C\c3ccc(OC(=O)c4cccc(C)c4)cc3)C(=O)O2)cc1. The molecule has 3 aromatic rings. The maximum atomic E-state index is 12.3. The van der Waals surface area contributed by atoms with Crippen LogP contribution >= 0.6 is 0 Å². The van der Waals surface area contributed by atoms with Gasteiger partial charge in [0.1, 0.15) is 5.75 Å². The summed E-state index contributed by atoms with van der Waals surface area (Å²) < 4.78 is 10.7. The van der Waals surface area contributed by atoms with E-state index in [1.54, 1.807) is 42.5 Å². The number of carbonyl (C=O) groups is 2. The first-order valence-corrected chi connectivity index (χ1v) is 9.46. The predicted molar refractivity (Wildman–Crippen MR) is 114 cm³/mol. The summed E-state index contributed by atoms with van der Waals surface area (Å²) in [6, 6.07) is 21.7.